The van der Waals surface area contributed by atoms with E-state index in [1.807, 2.05) is 19.9 Å². The number of aromatic nitrogens is 1. The van der Waals surface area contributed by atoms with E-state index in [1.54, 1.807) is 7.11 Å². The number of rotatable bonds is 8. The number of piperidine rings is 1. The second-order valence-corrected chi connectivity index (χ2v) is 8.00. The van der Waals surface area contributed by atoms with Gasteiger partial charge in [0.25, 0.3) is 0 Å². The van der Waals surface area contributed by atoms with E-state index < -0.39 is 0 Å². The molecule has 0 unspecified atom stereocenters. The molecule has 28 heavy (non-hydrogen) atoms. The molecule has 0 bridgehead atoms. The molecule has 1 N–H and O–H groups in total. The molecule has 1 aromatic carbocycles. The Morgan fingerprint density at radius 3 is 2.57 bits per heavy atom. The van der Waals surface area contributed by atoms with Crippen molar-refractivity contribution >= 4 is 0 Å². The van der Waals surface area contributed by atoms with Crippen LogP contribution in [0.2, 0.25) is 0 Å². The lowest BCUT2D eigenvalue weighted by atomic mass is 10.0. The maximum atomic E-state index is 5.97. The predicted octanol–water partition coefficient (Wildman–Crippen LogP) is 3.60. The molecule has 2 heterocycles. The van der Waals surface area contributed by atoms with Crippen LogP contribution in [0.25, 0.3) is 0 Å². The van der Waals surface area contributed by atoms with Gasteiger partial charge in [0.2, 0.25) is 0 Å². The van der Waals surface area contributed by atoms with Crippen molar-refractivity contribution in [2.45, 2.75) is 64.8 Å². The quantitative estimate of drug-likeness (QED) is 0.749. The number of hydrogen-bond donors (Lipinski definition) is 1. The smallest absolute Gasteiger partial charge is 0.161 e. The average molecular weight is 386 g/mol. The van der Waals surface area contributed by atoms with Gasteiger partial charge in [-0.1, -0.05) is 11.2 Å². The molecule has 6 heteroatoms. The highest BCUT2D eigenvalue weighted by atomic mass is 16.5. The molecule has 1 aliphatic heterocycles. The maximum Gasteiger partial charge on any atom is 0.161 e. The Morgan fingerprint density at radius 2 is 1.93 bits per heavy atom. The molecule has 4 rings (SSSR count). The molecule has 2 fully saturated rings. The second-order valence-electron chi connectivity index (χ2n) is 8.00. The lowest BCUT2D eigenvalue weighted by Crippen LogP contribution is -2.43. The normalized spacial score (nSPS) is 18.4. The summed E-state index contributed by atoms with van der Waals surface area (Å²) in [5.41, 5.74) is 3.07. The monoisotopic (exact) mass is 385 g/mol. The molecule has 1 aliphatic carbocycles. The van der Waals surface area contributed by atoms with Crippen LogP contribution < -0.4 is 14.8 Å². The van der Waals surface area contributed by atoms with Crippen LogP contribution in [0.4, 0.5) is 0 Å². The van der Waals surface area contributed by atoms with Crippen LogP contribution in [-0.2, 0) is 13.2 Å². The number of aryl methyl sites for hydroxylation is 2. The van der Waals surface area contributed by atoms with E-state index in [1.165, 1.54) is 44.3 Å². The van der Waals surface area contributed by atoms with E-state index in [0.717, 1.165) is 41.1 Å². The fourth-order valence-electron chi connectivity index (χ4n) is 3.97. The Morgan fingerprint density at radius 1 is 1.14 bits per heavy atom. The Bertz CT molecular complexity index is 773. The third-order valence-electron chi connectivity index (χ3n) is 5.97. The second kappa shape index (κ2) is 8.53. The van der Waals surface area contributed by atoms with E-state index >= 15 is 0 Å². The van der Waals surface area contributed by atoms with Crippen molar-refractivity contribution in [2.75, 3.05) is 20.2 Å². The van der Waals surface area contributed by atoms with Crippen LogP contribution in [0.15, 0.2) is 22.7 Å². The lowest BCUT2D eigenvalue weighted by Gasteiger charge is -2.32. The van der Waals surface area contributed by atoms with Crippen molar-refractivity contribution in [1.82, 2.24) is 15.4 Å². The standard InChI is InChI=1S/C22H31N3O3/c1-15-20(16(2)28-24-15)14-27-21-7-4-17(12-22(21)26-3)13-23-18-8-10-25(11-9-18)19-5-6-19/h4,7,12,18-19,23H,5-6,8-11,13-14H2,1-3H3. The van der Waals surface area contributed by atoms with Gasteiger partial charge in [-0.25, -0.2) is 0 Å². The fraction of sp³-hybridized carbons (Fsp3) is 0.591. The summed E-state index contributed by atoms with van der Waals surface area (Å²) >= 11 is 0. The first-order valence-electron chi connectivity index (χ1n) is 10.3. The summed E-state index contributed by atoms with van der Waals surface area (Å²) in [6.45, 7) is 7.58. The SMILES string of the molecule is COc1cc(CNC2CCN(C3CC3)CC2)ccc1OCc1c(C)noc1C. The average Bonchev–Trinajstić information content (AvgIpc) is 3.52. The lowest BCUT2D eigenvalue weighted by molar-refractivity contribution is 0.189. The number of ether oxygens (including phenoxy) is 2. The highest BCUT2D eigenvalue weighted by Gasteiger charge is 2.31. The zero-order valence-corrected chi connectivity index (χ0v) is 17.2. The van der Waals surface area contributed by atoms with Gasteiger partial charge in [-0.3, -0.25) is 0 Å². The molecule has 0 spiro atoms. The van der Waals surface area contributed by atoms with Crippen LogP contribution in [0.3, 0.4) is 0 Å². The molecule has 2 aromatic rings. The van der Waals surface area contributed by atoms with Crippen molar-refractivity contribution < 1.29 is 14.0 Å². The van der Waals surface area contributed by atoms with Crippen molar-refractivity contribution in [3.8, 4) is 11.5 Å². The van der Waals surface area contributed by atoms with Crippen molar-refractivity contribution in [3.05, 3.63) is 40.8 Å². The van der Waals surface area contributed by atoms with Gasteiger partial charge >= 0.3 is 0 Å². The van der Waals surface area contributed by atoms with Gasteiger partial charge in [0.15, 0.2) is 11.5 Å². The van der Waals surface area contributed by atoms with Crippen molar-refractivity contribution in [2.24, 2.45) is 0 Å². The Balaban J connectivity index is 1.30. The van der Waals surface area contributed by atoms with E-state index in [0.29, 0.717) is 12.6 Å². The Kier molecular flexibility index (Phi) is 5.87. The number of nitrogens with zero attached hydrogens (tertiary/aromatic N) is 2. The van der Waals surface area contributed by atoms with Crippen LogP contribution in [0, 0.1) is 13.8 Å². The summed E-state index contributed by atoms with van der Waals surface area (Å²) in [6, 6.07) is 7.66. The van der Waals surface area contributed by atoms with Crippen molar-refractivity contribution in [1.29, 1.82) is 0 Å². The summed E-state index contributed by atoms with van der Waals surface area (Å²) in [6.07, 6.45) is 5.30. The zero-order chi connectivity index (χ0) is 19.5. The summed E-state index contributed by atoms with van der Waals surface area (Å²) in [5.74, 6) is 2.30. The third kappa shape index (κ3) is 4.50. The van der Waals surface area contributed by atoms with Crippen LogP contribution >= 0.6 is 0 Å². The van der Waals surface area contributed by atoms with Gasteiger partial charge in [0.05, 0.1) is 18.4 Å². The Hall–Kier alpha value is -2.05. The van der Waals surface area contributed by atoms with Crippen LogP contribution in [0.1, 0.15) is 48.3 Å². The molecular weight excluding hydrogens is 354 g/mol. The van der Waals surface area contributed by atoms with Crippen molar-refractivity contribution in [3.63, 3.8) is 0 Å². The van der Waals surface area contributed by atoms with Gasteiger partial charge in [-0.15, -0.1) is 0 Å². The fourth-order valence-corrected chi connectivity index (χ4v) is 3.97. The molecule has 152 valence electrons. The topological polar surface area (TPSA) is 59.8 Å². The molecule has 1 saturated heterocycles. The zero-order valence-electron chi connectivity index (χ0n) is 17.2. The highest BCUT2D eigenvalue weighted by molar-refractivity contribution is 5.43. The molecule has 0 radical (unpaired) electrons. The third-order valence-corrected chi connectivity index (χ3v) is 5.97. The van der Waals surface area contributed by atoms with Gasteiger partial charge in [0, 0.05) is 18.6 Å². The number of hydrogen-bond acceptors (Lipinski definition) is 6. The number of likely N-dealkylation sites (tertiary alicyclic amines) is 1. The predicted molar refractivity (Wildman–Crippen MR) is 108 cm³/mol. The van der Waals surface area contributed by atoms with Gasteiger partial charge in [0.1, 0.15) is 12.4 Å². The molecule has 1 saturated carbocycles. The number of methoxy groups -OCH3 is 1. The van der Waals surface area contributed by atoms with E-state index in [2.05, 4.69) is 27.5 Å². The van der Waals surface area contributed by atoms with Crippen LogP contribution in [-0.4, -0.2) is 42.3 Å². The van der Waals surface area contributed by atoms with E-state index in [9.17, 15) is 0 Å². The molecule has 6 nitrogen and oxygen atoms in total. The number of nitrogens with one attached hydrogen (secondary N) is 1. The molecule has 1 aromatic heterocycles. The summed E-state index contributed by atoms with van der Waals surface area (Å²) < 4.78 is 16.7. The molecule has 0 amide bonds. The van der Waals surface area contributed by atoms with Gasteiger partial charge < -0.3 is 24.2 Å². The summed E-state index contributed by atoms with van der Waals surface area (Å²) in [7, 11) is 1.68. The highest BCUT2D eigenvalue weighted by Crippen LogP contribution is 2.31. The largest absolute Gasteiger partial charge is 0.493 e. The minimum atomic E-state index is 0.425. The summed E-state index contributed by atoms with van der Waals surface area (Å²) in [4.78, 5) is 2.66. The van der Waals surface area contributed by atoms with Gasteiger partial charge in [-0.05, 0) is 70.3 Å². The van der Waals surface area contributed by atoms with Crippen LogP contribution in [0.5, 0.6) is 11.5 Å². The molecule has 2 aliphatic rings. The Labute approximate surface area is 167 Å². The maximum absolute atomic E-state index is 5.97. The first-order chi connectivity index (χ1) is 13.6. The van der Waals surface area contributed by atoms with E-state index in [-0.39, 0.29) is 0 Å². The van der Waals surface area contributed by atoms with Gasteiger partial charge in [-0.2, -0.15) is 0 Å². The molecular formula is C22H31N3O3. The summed E-state index contributed by atoms with van der Waals surface area (Å²) in [5, 5.41) is 7.69. The number of benzene rings is 1. The van der Waals surface area contributed by atoms with E-state index in [4.69, 9.17) is 14.0 Å². The first-order valence-corrected chi connectivity index (χ1v) is 10.3. The minimum Gasteiger partial charge on any atom is -0.493 e. The first kappa shape index (κ1) is 19.3. The molecule has 0 atom stereocenters. The minimum absolute atomic E-state index is 0.425.